The molecule has 1 amide bonds. The molecule has 0 saturated heterocycles. The van der Waals surface area contributed by atoms with Crippen LogP contribution in [0.5, 0.6) is 0 Å². The van der Waals surface area contributed by atoms with Gasteiger partial charge in [0.25, 0.3) is 5.01 Å². The fourth-order valence-electron chi connectivity index (χ4n) is 4.95. The van der Waals surface area contributed by atoms with E-state index in [-0.39, 0.29) is 12.5 Å². The lowest BCUT2D eigenvalue weighted by atomic mass is 9.95. The van der Waals surface area contributed by atoms with E-state index in [9.17, 15) is 4.79 Å². The van der Waals surface area contributed by atoms with Gasteiger partial charge in [0.15, 0.2) is 0 Å². The van der Waals surface area contributed by atoms with Crippen molar-refractivity contribution in [3.8, 4) is 0 Å². The van der Waals surface area contributed by atoms with Crippen molar-refractivity contribution in [2.75, 3.05) is 57.6 Å². The number of carbonyl (C=O) groups is 1. The second-order valence-corrected chi connectivity index (χ2v) is 10.9. The van der Waals surface area contributed by atoms with E-state index >= 15 is 0 Å². The van der Waals surface area contributed by atoms with Crippen molar-refractivity contribution < 1.29 is 23.9 Å². The highest BCUT2D eigenvalue weighted by Crippen LogP contribution is 2.36. The van der Waals surface area contributed by atoms with Gasteiger partial charge in [-0.1, -0.05) is 48.1 Å². The minimum Gasteiger partial charge on any atom is -0.394 e. The first-order valence-electron chi connectivity index (χ1n) is 14.1. The maximum atomic E-state index is 12.1. The van der Waals surface area contributed by atoms with E-state index in [0.717, 1.165) is 45.2 Å². The molecule has 8 heteroatoms. The Balaban J connectivity index is 1.17. The van der Waals surface area contributed by atoms with Crippen LogP contribution in [0.2, 0.25) is 0 Å². The number of unbranched alkanes of at least 4 members (excludes halogenated alkanes) is 2. The van der Waals surface area contributed by atoms with Gasteiger partial charge in [0.2, 0.25) is 11.4 Å². The lowest BCUT2D eigenvalue weighted by Crippen LogP contribution is -2.31. The molecule has 0 unspecified atom stereocenters. The molecule has 0 bridgehead atoms. The number of hydrogen-bond acceptors (Lipinski definition) is 6. The number of aryl methyl sites for hydroxylation is 1. The molecule has 7 nitrogen and oxygen atoms in total. The van der Waals surface area contributed by atoms with Crippen LogP contribution in [0, 0.1) is 0 Å². The SMILES string of the molecule is C[n+]1c(C=C2CCN(CCCCCC(=O)NCCCOCCOCCO)c3ccccc32)sc2ccccc21. The molecule has 0 atom stereocenters. The van der Waals surface area contributed by atoms with Crippen molar-refractivity contribution in [1.82, 2.24) is 5.32 Å². The summed E-state index contributed by atoms with van der Waals surface area (Å²) >= 11 is 1.85. The first-order valence-corrected chi connectivity index (χ1v) is 14.9. The van der Waals surface area contributed by atoms with Crippen LogP contribution in [-0.2, 0) is 21.3 Å². The largest absolute Gasteiger partial charge is 0.394 e. The van der Waals surface area contributed by atoms with E-state index in [1.165, 1.54) is 32.0 Å². The molecule has 39 heavy (non-hydrogen) atoms. The quantitative estimate of drug-likeness (QED) is 0.201. The zero-order valence-electron chi connectivity index (χ0n) is 23.1. The molecule has 2 aromatic carbocycles. The number of ether oxygens (including phenoxy) is 2. The molecular formula is C31H42N3O4S+. The average Bonchev–Trinajstić information content (AvgIpc) is 3.27. The first kappa shape index (κ1) is 29.2. The average molecular weight is 553 g/mol. The van der Waals surface area contributed by atoms with Gasteiger partial charge in [-0.25, -0.2) is 0 Å². The number of nitrogens with one attached hydrogen (secondary N) is 1. The van der Waals surface area contributed by atoms with E-state index in [1.54, 1.807) is 0 Å². The third-order valence-corrected chi connectivity index (χ3v) is 8.20. The summed E-state index contributed by atoms with van der Waals surface area (Å²) in [6.07, 6.45) is 7.81. The molecule has 0 fully saturated rings. The molecule has 0 radical (unpaired) electrons. The van der Waals surface area contributed by atoms with Gasteiger partial charge in [-0.3, -0.25) is 4.79 Å². The van der Waals surface area contributed by atoms with Gasteiger partial charge in [-0.15, -0.1) is 0 Å². The number of aliphatic hydroxyl groups is 1. The molecule has 4 rings (SSSR count). The monoisotopic (exact) mass is 552 g/mol. The lowest BCUT2D eigenvalue weighted by Gasteiger charge is -2.32. The number of fused-ring (bicyclic) bond motifs is 2. The lowest BCUT2D eigenvalue weighted by molar-refractivity contribution is -0.642. The van der Waals surface area contributed by atoms with Gasteiger partial charge in [0.05, 0.1) is 26.4 Å². The van der Waals surface area contributed by atoms with Crippen molar-refractivity contribution >= 4 is 44.8 Å². The van der Waals surface area contributed by atoms with E-state index in [0.29, 0.717) is 39.4 Å². The second-order valence-electron chi connectivity index (χ2n) is 9.85. The third-order valence-electron chi connectivity index (χ3n) is 7.04. The van der Waals surface area contributed by atoms with E-state index in [4.69, 9.17) is 14.6 Å². The van der Waals surface area contributed by atoms with Crippen LogP contribution in [0.25, 0.3) is 21.9 Å². The number of aromatic nitrogens is 1. The molecule has 1 aliphatic rings. The Morgan fingerprint density at radius 1 is 1.03 bits per heavy atom. The van der Waals surface area contributed by atoms with Gasteiger partial charge in [0, 0.05) is 56.1 Å². The van der Waals surface area contributed by atoms with Crippen LogP contribution in [0.1, 0.15) is 49.1 Å². The topological polar surface area (TPSA) is 74.9 Å². The third kappa shape index (κ3) is 8.60. The number of anilines is 1. The number of benzene rings is 2. The number of hydrogen-bond donors (Lipinski definition) is 2. The minimum absolute atomic E-state index is 0.0319. The number of thiazole rings is 1. The van der Waals surface area contributed by atoms with Gasteiger partial charge in [-0.2, -0.15) is 4.57 Å². The Labute approximate surface area is 236 Å². The van der Waals surface area contributed by atoms with Crippen LogP contribution in [0.3, 0.4) is 0 Å². The number of aliphatic hydroxyl groups excluding tert-OH is 1. The summed E-state index contributed by atoms with van der Waals surface area (Å²) in [6.45, 7) is 4.64. The van der Waals surface area contributed by atoms with Crippen LogP contribution in [0.4, 0.5) is 5.69 Å². The smallest absolute Gasteiger partial charge is 0.262 e. The summed E-state index contributed by atoms with van der Waals surface area (Å²) in [4.78, 5) is 14.6. The highest BCUT2D eigenvalue weighted by Gasteiger charge is 2.22. The van der Waals surface area contributed by atoms with Crippen LogP contribution in [0.15, 0.2) is 48.5 Å². The Kier molecular flexibility index (Phi) is 11.8. The minimum atomic E-state index is 0.0319. The predicted molar refractivity (Wildman–Crippen MR) is 159 cm³/mol. The number of para-hydroxylation sites is 2. The fourth-order valence-corrected chi connectivity index (χ4v) is 6.07. The number of nitrogens with zero attached hydrogens (tertiary/aromatic N) is 2. The molecule has 2 heterocycles. The van der Waals surface area contributed by atoms with Crippen molar-refractivity contribution in [1.29, 1.82) is 0 Å². The normalized spacial score (nSPS) is 14.2. The maximum Gasteiger partial charge on any atom is 0.262 e. The Morgan fingerprint density at radius 3 is 2.67 bits per heavy atom. The number of amides is 1. The summed E-state index contributed by atoms with van der Waals surface area (Å²) < 4.78 is 14.2. The van der Waals surface area contributed by atoms with E-state index < -0.39 is 0 Å². The molecular weight excluding hydrogens is 510 g/mol. The fraction of sp³-hybridized carbons (Fsp3) is 0.484. The Bertz CT molecular complexity index is 1230. The van der Waals surface area contributed by atoms with Crippen LogP contribution < -0.4 is 14.8 Å². The van der Waals surface area contributed by atoms with Gasteiger partial charge in [-0.05, 0) is 43.4 Å². The summed E-state index contributed by atoms with van der Waals surface area (Å²) in [5.74, 6) is 0.119. The van der Waals surface area contributed by atoms with E-state index in [1.807, 2.05) is 11.3 Å². The summed E-state index contributed by atoms with van der Waals surface area (Å²) in [5.41, 5.74) is 5.33. The Morgan fingerprint density at radius 2 is 1.82 bits per heavy atom. The Hall–Kier alpha value is -2.78. The van der Waals surface area contributed by atoms with E-state index in [2.05, 4.69) is 76.4 Å². The highest BCUT2D eigenvalue weighted by atomic mass is 32.1. The zero-order valence-corrected chi connectivity index (χ0v) is 23.9. The second kappa shape index (κ2) is 15.7. The van der Waals surface area contributed by atoms with Crippen molar-refractivity contribution in [2.24, 2.45) is 7.05 Å². The molecule has 0 spiro atoms. The van der Waals surface area contributed by atoms with Crippen LogP contribution in [-0.4, -0.2) is 63.7 Å². The molecule has 1 aromatic heterocycles. The first-order chi connectivity index (χ1) is 19.2. The number of carbonyl (C=O) groups excluding carboxylic acids is 1. The van der Waals surface area contributed by atoms with Crippen molar-refractivity contribution in [2.45, 2.75) is 38.5 Å². The summed E-state index contributed by atoms with van der Waals surface area (Å²) in [6, 6.07) is 17.4. The molecule has 0 aliphatic carbocycles. The van der Waals surface area contributed by atoms with Crippen molar-refractivity contribution in [3.05, 3.63) is 59.1 Å². The maximum absolute atomic E-state index is 12.1. The van der Waals surface area contributed by atoms with Crippen LogP contribution >= 0.6 is 11.3 Å². The number of rotatable bonds is 16. The molecule has 3 aromatic rings. The predicted octanol–water partition coefficient (Wildman–Crippen LogP) is 4.57. The van der Waals surface area contributed by atoms with Gasteiger partial charge < -0.3 is 24.8 Å². The molecule has 1 aliphatic heterocycles. The zero-order chi connectivity index (χ0) is 27.3. The highest BCUT2D eigenvalue weighted by molar-refractivity contribution is 7.18. The van der Waals surface area contributed by atoms with Gasteiger partial charge in [0.1, 0.15) is 11.7 Å². The molecule has 210 valence electrons. The standard InChI is InChI=1S/C31H41N3O4S/c1-33-28-12-6-7-13-29(28)39-31(33)24-25-15-18-34(27-11-5-4-10-26(25)27)17-8-2-3-14-30(36)32-16-9-20-37-22-23-38-21-19-35/h4-7,10-13,24,35H,2-3,8-9,14-23H2,1H3/p+1. The molecule has 2 N–H and O–H groups in total. The van der Waals surface area contributed by atoms with Crippen molar-refractivity contribution in [3.63, 3.8) is 0 Å². The molecule has 0 saturated carbocycles. The summed E-state index contributed by atoms with van der Waals surface area (Å²) in [7, 11) is 2.15. The van der Waals surface area contributed by atoms with Gasteiger partial charge >= 0.3 is 0 Å². The summed E-state index contributed by atoms with van der Waals surface area (Å²) in [5, 5.41) is 12.9.